The first kappa shape index (κ1) is 20.1. The van der Waals surface area contributed by atoms with E-state index in [1.807, 2.05) is 12.1 Å². The summed E-state index contributed by atoms with van der Waals surface area (Å²) in [6.45, 7) is 0. The van der Waals surface area contributed by atoms with E-state index in [9.17, 15) is 13.2 Å². The fraction of sp³-hybridized carbons (Fsp3) is 0.0952. The Bertz CT molecular complexity index is 927. The smallest absolute Gasteiger partial charge is 0.330 e. The van der Waals surface area contributed by atoms with E-state index in [0.717, 1.165) is 5.56 Å². The molecule has 3 aromatic rings. The topological polar surface area (TPSA) is 83.8 Å². The van der Waals surface area contributed by atoms with Crippen molar-refractivity contribution in [1.29, 1.82) is 0 Å². The predicted molar refractivity (Wildman–Crippen MR) is 105 cm³/mol. The Morgan fingerprint density at radius 3 is 1.56 bits per heavy atom. The molecule has 0 bridgehead atoms. The maximum absolute atomic E-state index is 10.7. The first-order valence-corrected chi connectivity index (χ1v) is 9.27. The van der Waals surface area contributed by atoms with Gasteiger partial charge >= 0.3 is 16.5 Å². The molecule has 0 heterocycles. The fourth-order valence-corrected chi connectivity index (χ4v) is 2.74. The Hall–Kier alpha value is -3.25. The summed E-state index contributed by atoms with van der Waals surface area (Å²) >= 11 is 0. The van der Waals surface area contributed by atoms with Crippen LogP contribution in [0.5, 0.6) is 0 Å². The molecule has 0 aliphatic heterocycles. The largest absolute Gasteiger partial charge is 0.480 e. The van der Waals surface area contributed by atoms with E-state index in [1.165, 1.54) is 11.1 Å². The molecule has 3 aromatic carbocycles. The quantitative estimate of drug-likeness (QED) is 0.721. The standard InChI is InChI=1S/C12H10.C9H9NO4S/c1-3-7-11(8-4-1)12-9-5-2-6-10-12;11-9(12)8(10-15(13)14)6-7-4-2-1-3-5-7/h1-10H;1-5,8H,6H2,(H,11,12). The van der Waals surface area contributed by atoms with Crippen LogP contribution in [0.3, 0.4) is 0 Å². The molecule has 3 rings (SSSR count). The van der Waals surface area contributed by atoms with Crippen LogP contribution in [0.15, 0.2) is 95.4 Å². The highest BCUT2D eigenvalue weighted by Gasteiger charge is 2.17. The number of nitrogens with zero attached hydrogens (tertiary/aromatic N) is 1. The second kappa shape index (κ2) is 10.7. The molecule has 0 aliphatic rings. The van der Waals surface area contributed by atoms with Gasteiger partial charge in [-0.3, -0.25) is 0 Å². The zero-order valence-electron chi connectivity index (χ0n) is 14.5. The number of hydrogen-bond acceptors (Lipinski definition) is 4. The molecule has 0 radical (unpaired) electrons. The molecule has 6 heteroatoms. The van der Waals surface area contributed by atoms with Gasteiger partial charge in [-0.1, -0.05) is 91.0 Å². The number of rotatable bonds is 5. The minimum atomic E-state index is -2.70. The summed E-state index contributed by atoms with van der Waals surface area (Å²) in [5.74, 6) is -1.25. The lowest BCUT2D eigenvalue weighted by molar-refractivity contribution is -0.138. The maximum atomic E-state index is 10.7. The average Bonchev–Trinajstić information content (AvgIpc) is 2.70. The van der Waals surface area contributed by atoms with E-state index in [-0.39, 0.29) is 6.42 Å². The van der Waals surface area contributed by atoms with Crippen molar-refractivity contribution >= 4 is 16.5 Å². The number of benzene rings is 3. The van der Waals surface area contributed by atoms with E-state index in [0.29, 0.717) is 0 Å². The third-order valence-corrected chi connectivity index (χ3v) is 4.08. The van der Waals surface area contributed by atoms with Crippen molar-refractivity contribution in [3.05, 3.63) is 96.6 Å². The van der Waals surface area contributed by atoms with Crippen LogP contribution < -0.4 is 0 Å². The Morgan fingerprint density at radius 1 is 0.778 bits per heavy atom. The van der Waals surface area contributed by atoms with Gasteiger partial charge in [-0.15, -0.1) is 0 Å². The van der Waals surface area contributed by atoms with Crippen molar-refractivity contribution in [2.75, 3.05) is 0 Å². The maximum Gasteiger partial charge on any atom is 0.330 e. The Balaban J connectivity index is 0.000000198. The summed E-state index contributed by atoms with van der Waals surface area (Å²) in [4.78, 5) is 10.7. The van der Waals surface area contributed by atoms with E-state index >= 15 is 0 Å². The zero-order valence-corrected chi connectivity index (χ0v) is 15.3. The van der Waals surface area contributed by atoms with Gasteiger partial charge in [-0.25, -0.2) is 4.79 Å². The van der Waals surface area contributed by atoms with Crippen LogP contribution in [0.4, 0.5) is 0 Å². The average molecular weight is 381 g/mol. The van der Waals surface area contributed by atoms with Gasteiger partial charge in [-0.2, -0.15) is 12.8 Å². The normalized spacial score (nSPS) is 10.8. The molecule has 27 heavy (non-hydrogen) atoms. The highest BCUT2D eigenvalue weighted by atomic mass is 32.2. The third-order valence-electron chi connectivity index (χ3n) is 3.65. The fourth-order valence-electron chi connectivity index (χ4n) is 2.37. The van der Waals surface area contributed by atoms with E-state index < -0.39 is 22.5 Å². The van der Waals surface area contributed by atoms with Crippen LogP contribution in [0.2, 0.25) is 0 Å². The monoisotopic (exact) mass is 381 g/mol. The molecule has 0 fully saturated rings. The molecule has 1 unspecified atom stereocenters. The Labute approximate surface area is 159 Å². The van der Waals surface area contributed by atoms with Gasteiger partial charge in [0.15, 0.2) is 6.04 Å². The molecular formula is C21H19NO4S. The summed E-state index contributed by atoms with van der Waals surface area (Å²) < 4.78 is 23.6. The number of carboxylic acid groups (broad SMARTS) is 1. The first-order valence-electron chi connectivity index (χ1n) is 8.23. The van der Waals surface area contributed by atoms with Crippen molar-refractivity contribution in [2.24, 2.45) is 4.36 Å². The molecule has 138 valence electrons. The lowest BCUT2D eigenvalue weighted by Gasteiger charge is -2.04. The van der Waals surface area contributed by atoms with Crippen molar-refractivity contribution in [1.82, 2.24) is 0 Å². The first-order chi connectivity index (χ1) is 13.1. The summed E-state index contributed by atoms with van der Waals surface area (Å²) in [7, 11) is -2.70. The van der Waals surface area contributed by atoms with Crippen LogP contribution in [0.25, 0.3) is 11.1 Å². The summed E-state index contributed by atoms with van der Waals surface area (Å²) in [5, 5.41) is 8.72. The highest BCUT2D eigenvalue weighted by Crippen LogP contribution is 2.17. The van der Waals surface area contributed by atoms with Gasteiger partial charge in [0.25, 0.3) is 0 Å². The van der Waals surface area contributed by atoms with Gasteiger partial charge in [0.2, 0.25) is 0 Å². The van der Waals surface area contributed by atoms with Crippen LogP contribution in [0.1, 0.15) is 5.56 Å². The minimum Gasteiger partial charge on any atom is -0.480 e. The van der Waals surface area contributed by atoms with Gasteiger partial charge in [0, 0.05) is 6.42 Å². The number of carbonyl (C=O) groups is 1. The summed E-state index contributed by atoms with van der Waals surface area (Å²) in [6.07, 6.45) is 0.0736. The lowest BCUT2D eigenvalue weighted by atomic mass is 10.1. The predicted octanol–water partition coefficient (Wildman–Crippen LogP) is 4.10. The van der Waals surface area contributed by atoms with E-state index in [4.69, 9.17) is 5.11 Å². The summed E-state index contributed by atoms with van der Waals surface area (Å²) in [6, 6.07) is 28.3. The number of aliphatic carboxylic acids is 1. The Kier molecular flexibility index (Phi) is 7.93. The molecule has 0 saturated heterocycles. The van der Waals surface area contributed by atoms with Crippen molar-refractivity contribution in [3.8, 4) is 11.1 Å². The lowest BCUT2D eigenvalue weighted by Crippen LogP contribution is -2.20. The zero-order chi connectivity index (χ0) is 19.5. The number of carboxylic acids is 1. The van der Waals surface area contributed by atoms with Crippen LogP contribution in [-0.2, 0) is 21.7 Å². The van der Waals surface area contributed by atoms with E-state index in [2.05, 4.69) is 52.9 Å². The minimum absolute atomic E-state index is 0.0736. The van der Waals surface area contributed by atoms with Gasteiger partial charge in [0.1, 0.15) is 0 Å². The molecule has 0 spiro atoms. The van der Waals surface area contributed by atoms with Crippen LogP contribution in [-0.4, -0.2) is 25.5 Å². The number of hydrogen-bond donors (Lipinski definition) is 1. The molecule has 0 aliphatic carbocycles. The molecule has 1 atom stereocenters. The van der Waals surface area contributed by atoms with Crippen LogP contribution in [0, 0.1) is 0 Å². The molecule has 1 N–H and O–H groups in total. The van der Waals surface area contributed by atoms with Gasteiger partial charge in [0.05, 0.1) is 0 Å². The van der Waals surface area contributed by atoms with Gasteiger partial charge < -0.3 is 5.11 Å². The van der Waals surface area contributed by atoms with Crippen molar-refractivity contribution < 1.29 is 18.3 Å². The molecule has 0 saturated carbocycles. The summed E-state index contributed by atoms with van der Waals surface area (Å²) in [5.41, 5.74) is 3.29. The Morgan fingerprint density at radius 2 is 1.19 bits per heavy atom. The van der Waals surface area contributed by atoms with Gasteiger partial charge in [-0.05, 0) is 16.7 Å². The van der Waals surface area contributed by atoms with Crippen LogP contribution >= 0.6 is 0 Å². The molecule has 0 amide bonds. The highest BCUT2D eigenvalue weighted by molar-refractivity contribution is 7.61. The SMILES string of the molecule is O=C(O)C(Cc1ccccc1)N=S(=O)=O.c1ccc(-c2ccccc2)cc1. The van der Waals surface area contributed by atoms with E-state index in [1.54, 1.807) is 30.3 Å². The molecular weight excluding hydrogens is 362 g/mol. The molecule has 5 nitrogen and oxygen atoms in total. The van der Waals surface area contributed by atoms with Crippen molar-refractivity contribution in [2.45, 2.75) is 12.5 Å². The second-order valence-corrected chi connectivity index (χ2v) is 6.24. The third kappa shape index (κ3) is 7.25. The molecule has 0 aromatic heterocycles. The van der Waals surface area contributed by atoms with Crippen molar-refractivity contribution in [3.63, 3.8) is 0 Å². The second-order valence-electron chi connectivity index (χ2n) is 5.60.